The maximum atomic E-state index is 12.3. The summed E-state index contributed by atoms with van der Waals surface area (Å²) >= 11 is 0. The fourth-order valence-electron chi connectivity index (χ4n) is 3.37. The zero-order valence-corrected chi connectivity index (χ0v) is 14.0. The van der Waals surface area contributed by atoms with E-state index in [1.54, 1.807) is 6.33 Å². The number of fused-ring (bicyclic) bond motifs is 1. The van der Waals surface area contributed by atoms with Crippen LogP contribution in [0.4, 0.5) is 5.82 Å². The minimum Gasteiger partial charge on any atom is -0.369 e. The van der Waals surface area contributed by atoms with Gasteiger partial charge in [0.15, 0.2) is 0 Å². The molecule has 0 radical (unpaired) electrons. The molecule has 0 spiro atoms. The van der Waals surface area contributed by atoms with Crippen molar-refractivity contribution < 1.29 is 4.79 Å². The molecule has 3 aromatic rings. The minimum atomic E-state index is 0.247. The van der Waals surface area contributed by atoms with E-state index in [4.69, 9.17) is 0 Å². The first kappa shape index (κ1) is 15.6. The third kappa shape index (κ3) is 3.47. The van der Waals surface area contributed by atoms with E-state index in [2.05, 4.69) is 32.4 Å². The molecule has 1 saturated heterocycles. The highest BCUT2D eigenvalue weighted by molar-refractivity contribution is 5.86. The Morgan fingerprint density at radius 2 is 2.08 bits per heavy atom. The molecule has 25 heavy (non-hydrogen) atoms. The highest BCUT2D eigenvalue weighted by Crippen LogP contribution is 2.21. The van der Waals surface area contributed by atoms with Crippen molar-refractivity contribution in [2.24, 2.45) is 5.92 Å². The van der Waals surface area contributed by atoms with Crippen LogP contribution in [0.15, 0.2) is 48.9 Å². The number of aromatic nitrogens is 3. The standard InChI is InChI=1S/C19H21N5O/c25-17-10-15(12-24(17)9-7-14-4-2-1-3-5-14)11-21-19-16-6-8-20-18(16)22-13-23-19/h1-6,8,13,15H,7,9-12H2,(H2,20,21,22,23). The Bertz CT molecular complexity index is 860. The number of carbonyl (C=O) groups is 1. The topological polar surface area (TPSA) is 73.9 Å². The number of likely N-dealkylation sites (tertiary alicyclic amines) is 1. The van der Waals surface area contributed by atoms with E-state index >= 15 is 0 Å². The monoisotopic (exact) mass is 335 g/mol. The molecule has 2 N–H and O–H groups in total. The molecule has 6 heteroatoms. The summed E-state index contributed by atoms with van der Waals surface area (Å²) in [6.45, 7) is 2.33. The Balaban J connectivity index is 1.32. The normalized spacial score (nSPS) is 17.4. The van der Waals surface area contributed by atoms with Crippen molar-refractivity contribution in [2.45, 2.75) is 12.8 Å². The highest BCUT2D eigenvalue weighted by Gasteiger charge is 2.29. The molecule has 1 aromatic carbocycles. The molecule has 0 aliphatic carbocycles. The van der Waals surface area contributed by atoms with E-state index in [-0.39, 0.29) is 5.91 Å². The van der Waals surface area contributed by atoms with Gasteiger partial charge in [-0.15, -0.1) is 0 Å². The Labute approximate surface area is 146 Å². The quantitative estimate of drug-likeness (QED) is 0.726. The maximum absolute atomic E-state index is 12.3. The van der Waals surface area contributed by atoms with Gasteiger partial charge in [0.25, 0.3) is 0 Å². The molecule has 0 saturated carbocycles. The van der Waals surface area contributed by atoms with E-state index < -0.39 is 0 Å². The van der Waals surface area contributed by atoms with Gasteiger partial charge in [0, 0.05) is 38.2 Å². The SMILES string of the molecule is O=C1CC(CNc2ncnc3[nH]ccc23)CN1CCc1ccccc1. The van der Waals surface area contributed by atoms with E-state index in [9.17, 15) is 4.79 Å². The molecule has 1 aliphatic rings. The van der Waals surface area contributed by atoms with Gasteiger partial charge in [0.2, 0.25) is 5.91 Å². The van der Waals surface area contributed by atoms with Gasteiger partial charge in [0.05, 0.1) is 5.39 Å². The van der Waals surface area contributed by atoms with Crippen LogP contribution >= 0.6 is 0 Å². The van der Waals surface area contributed by atoms with E-state index in [0.29, 0.717) is 12.3 Å². The Morgan fingerprint density at radius 3 is 2.96 bits per heavy atom. The summed E-state index contributed by atoms with van der Waals surface area (Å²) in [5, 5.41) is 4.36. The lowest BCUT2D eigenvalue weighted by Gasteiger charge is -2.17. The summed E-state index contributed by atoms with van der Waals surface area (Å²) in [6.07, 6.45) is 4.91. The molecule has 0 bridgehead atoms. The third-order valence-corrected chi connectivity index (χ3v) is 4.72. The van der Waals surface area contributed by atoms with Gasteiger partial charge >= 0.3 is 0 Å². The van der Waals surface area contributed by atoms with Crippen LogP contribution < -0.4 is 5.32 Å². The van der Waals surface area contributed by atoms with Crippen molar-refractivity contribution in [2.75, 3.05) is 25.0 Å². The molecule has 1 atom stereocenters. The summed E-state index contributed by atoms with van der Waals surface area (Å²) in [6, 6.07) is 12.3. The predicted octanol–water partition coefficient (Wildman–Crippen LogP) is 2.46. The second-order valence-electron chi connectivity index (χ2n) is 6.49. The first-order valence-electron chi connectivity index (χ1n) is 8.63. The van der Waals surface area contributed by atoms with E-state index in [1.165, 1.54) is 5.56 Å². The summed E-state index contributed by atoms with van der Waals surface area (Å²) < 4.78 is 0. The lowest BCUT2D eigenvalue weighted by molar-refractivity contribution is -0.127. The van der Waals surface area contributed by atoms with Crippen LogP contribution in [0.2, 0.25) is 0 Å². The smallest absolute Gasteiger partial charge is 0.223 e. The number of anilines is 1. The molecule has 3 heterocycles. The predicted molar refractivity (Wildman–Crippen MR) is 97.2 cm³/mol. The van der Waals surface area contributed by atoms with Gasteiger partial charge in [-0.1, -0.05) is 30.3 Å². The van der Waals surface area contributed by atoms with Gasteiger partial charge in [-0.05, 0) is 18.1 Å². The summed E-state index contributed by atoms with van der Waals surface area (Å²) in [5.41, 5.74) is 2.09. The van der Waals surface area contributed by atoms with Crippen LogP contribution in [0.1, 0.15) is 12.0 Å². The Hall–Kier alpha value is -2.89. The lowest BCUT2D eigenvalue weighted by atomic mass is 10.1. The number of H-pyrrole nitrogens is 1. The van der Waals surface area contributed by atoms with Crippen molar-refractivity contribution in [1.82, 2.24) is 19.9 Å². The van der Waals surface area contributed by atoms with Crippen LogP contribution in [0.3, 0.4) is 0 Å². The van der Waals surface area contributed by atoms with Gasteiger partial charge in [-0.25, -0.2) is 9.97 Å². The van der Waals surface area contributed by atoms with Crippen LogP contribution in [0, 0.1) is 5.92 Å². The first-order chi connectivity index (χ1) is 12.3. The molecule has 128 valence electrons. The first-order valence-corrected chi connectivity index (χ1v) is 8.63. The largest absolute Gasteiger partial charge is 0.369 e. The molecule has 4 rings (SSSR count). The van der Waals surface area contributed by atoms with E-state index in [0.717, 1.165) is 42.9 Å². The molecule has 1 fully saturated rings. The fourth-order valence-corrected chi connectivity index (χ4v) is 3.37. The van der Waals surface area contributed by atoms with Crippen LogP contribution in [-0.4, -0.2) is 45.4 Å². The molecule has 1 unspecified atom stereocenters. The number of hydrogen-bond donors (Lipinski definition) is 2. The van der Waals surface area contributed by atoms with Crippen LogP contribution in [0.5, 0.6) is 0 Å². The summed E-state index contributed by atoms with van der Waals surface area (Å²) in [7, 11) is 0. The summed E-state index contributed by atoms with van der Waals surface area (Å²) in [5.74, 6) is 1.38. The van der Waals surface area contributed by atoms with Gasteiger partial charge in [-0.2, -0.15) is 0 Å². The zero-order valence-electron chi connectivity index (χ0n) is 14.0. The maximum Gasteiger partial charge on any atom is 0.223 e. The number of carbonyl (C=O) groups excluding carboxylic acids is 1. The number of hydrogen-bond acceptors (Lipinski definition) is 4. The van der Waals surface area contributed by atoms with Crippen LogP contribution in [0.25, 0.3) is 11.0 Å². The van der Waals surface area contributed by atoms with Crippen molar-refractivity contribution in [3.63, 3.8) is 0 Å². The number of amides is 1. The van der Waals surface area contributed by atoms with Gasteiger partial charge < -0.3 is 15.2 Å². The van der Waals surface area contributed by atoms with Crippen LogP contribution in [-0.2, 0) is 11.2 Å². The number of aromatic amines is 1. The fraction of sp³-hybridized carbons (Fsp3) is 0.316. The van der Waals surface area contributed by atoms with E-state index in [1.807, 2.05) is 35.4 Å². The second-order valence-corrected chi connectivity index (χ2v) is 6.49. The molecule has 2 aromatic heterocycles. The summed E-state index contributed by atoms with van der Waals surface area (Å²) in [4.78, 5) is 25.8. The Kier molecular flexibility index (Phi) is 4.33. The molecule has 6 nitrogen and oxygen atoms in total. The number of rotatable bonds is 6. The average molecular weight is 335 g/mol. The number of nitrogens with one attached hydrogen (secondary N) is 2. The molecular weight excluding hydrogens is 314 g/mol. The lowest BCUT2D eigenvalue weighted by Crippen LogP contribution is -2.28. The third-order valence-electron chi connectivity index (χ3n) is 4.72. The average Bonchev–Trinajstić information content (AvgIpc) is 3.26. The van der Waals surface area contributed by atoms with Crippen molar-refractivity contribution in [3.8, 4) is 0 Å². The van der Waals surface area contributed by atoms with Gasteiger partial charge in [0.1, 0.15) is 17.8 Å². The Morgan fingerprint density at radius 1 is 1.20 bits per heavy atom. The van der Waals surface area contributed by atoms with Crippen molar-refractivity contribution in [3.05, 3.63) is 54.5 Å². The number of nitrogens with zero attached hydrogens (tertiary/aromatic N) is 3. The van der Waals surface area contributed by atoms with Crippen molar-refractivity contribution in [1.29, 1.82) is 0 Å². The zero-order chi connectivity index (χ0) is 17.1. The molecule has 1 aliphatic heterocycles. The molecular formula is C19H21N5O. The number of benzene rings is 1. The highest BCUT2D eigenvalue weighted by atomic mass is 16.2. The minimum absolute atomic E-state index is 0.247. The second kappa shape index (κ2) is 6.93. The van der Waals surface area contributed by atoms with Gasteiger partial charge in [-0.3, -0.25) is 4.79 Å². The van der Waals surface area contributed by atoms with Crippen molar-refractivity contribution >= 4 is 22.8 Å². The molecule has 1 amide bonds.